The molecule has 5 heteroatoms. The first-order valence-corrected chi connectivity index (χ1v) is 6.81. The van der Waals surface area contributed by atoms with Gasteiger partial charge in [-0.3, -0.25) is 4.79 Å². The van der Waals surface area contributed by atoms with E-state index in [4.69, 9.17) is 0 Å². The van der Waals surface area contributed by atoms with E-state index in [2.05, 4.69) is 4.90 Å². The van der Waals surface area contributed by atoms with Crippen LogP contribution in [0.15, 0.2) is 0 Å². The van der Waals surface area contributed by atoms with Crippen molar-refractivity contribution >= 4 is 11.9 Å². The van der Waals surface area contributed by atoms with Gasteiger partial charge >= 0.3 is 5.97 Å². The molecule has 3 fully saturated rings. The first kappa shape index (κ1) is 12.0. The molecule has 3 aliphatic rings. The third kappa shape index (κ3) is 1.56. The average molecular weight is 252 g/mol. The number of nitrogens with zero attached hydrogens (tertiary/aromatic N) is 2. The van der Waals surface area contributed by atoms with Crippen molar-refractivity contribution in [2.75, 3.05) is 19.6 Å². The quantitative estimate of drug-likeness (QED) is 0.796. The lowest BCUT2D eigenvalue weighted by Crippen LogP contribution is -2.64. The highest BCUT2D eigenvalue weighted by atomic mass is 16.4. The Morgan fingerprint density at radius 3 is 2.56 bits per heavy atom. The number of carbonyl (C=O) groups is 2. The summed E-state index contributed by atoms with van der Waals surface area (Å²) in [5.74, 6) is -0.760. The molecule has 1 saturated carbocycles. The normalized spacial score (nSPS) is 38.5. The molecule has 3 atom stereocenters. The molecule has 3 rings (SSSR count). The second-order valence-electron chi connectivity index (χ2n) is 5.89. The van der Waals surface area contributed by atoms with Gasteiger partial charge in [-0.1, -0.05) is 0 Å². The number of rotatable bonds is 3. The maximum absolute atomic E-state index is 12.0. The maximum Gasteiger partial charge on any atom is 0.330 e. The summed E-state index contributed by atoms with van der Waals surface area (Å²) < 4.78 is 0. The molecule has 2 aliphatic heterocycles. The van der Waals surface area contributed by atoms with E-state index in [0.29, 0.717) is 6.42 Å². The molecule has 0 radical (unpaired) electrons. The first-order valence-electron chi connectivity index (χ1n) is 6.81. The molecule has 1 aliphatic carbocycles. The number of hydrogen-bond acceptors (Lipinski definition) is 3. The molecule has 1 N–H and O–H groups in total. The predicted octanol–water partition coefficient (Wildman–Crippen LogP) is 0.546. The van der Waals surface area contributed by atoms with Crippen molar-refractivity contribution in [3.63, 3.8) is 0 Å². The van der Waals surface area contributed by atoms with Crippen LogP contribution in [-0.4, -0.2) is 58.0 Å². The molecule has 0 aromatic heterocycles. The van der Waals surface area contributed by atoms with E-state index in [9.17, 15) is 14.7 Å². The third-order valence-corrected chi connectivity index (χ3v) is 4.81. The zero-order chi connectivity index (χ0) is 12.9. The highest BCUT2D eigenvalue weighted by molar-refractivity contribution is 5.87. The fourth-order valence-electron chi connectivity index (χ4n) is 3.86. The van der Waals surface area contributed by atoms with Gasteiger partial charge in [0.05, 0.1) is 0 Å². The average Bonchev–Trinajstić information content (AvgIpc) is 3.05. The lowest BCUT2D eigenvalue weighted by atomic mass is 9.77. The van der Waals surface area contributed by atoms with Crippen molar-refractivity contribution in [3.8, 4) is 0 Å². The van der Waals surface area contributed by atoms with Crippen LogP contribution in [0.2, 0.25) is 0 Å². The monoisotopic (exact) mass is 252 g/mol. The SMILES string of the molecule is CC(=O)N(C1CC1)C1(C(=O)O)CCN2CCC1C2. The van der Waals surface area contributed by atoms with E-state index in [-0.39, 0.29) is 17.9 Å². The molecule has 18 heavy (non-hydrogen) atoms. The number of carboxylic acids is 1. The Labute approximate surface area is 107 Å². The van der Waals surface area contributed by atoms with Crippen LogP contribution in [0, 0.1) is 5.92 Å². The summed E-state index contributed by atoms with van der Waals surface area (Å²) in [5.41, 5.74) is -0.931. The van der Waals surface area contributed by atoms with Gasteiger partial charge in [0, 0.05) is 32.0 Å². The summed E-state index contributed by atoms with van der Waals surface area (Å²) in [6, 6.07) is 0.172. The highest BCUT2D eigenvalue weighted by Crippen LogP contribution is 2.45. The molecular formula is C13H20N2O3. The van der Waals surface area contributed by atoms with Gasteiger partial charge in [0.15, 0.2) is 0 Å². The van der Waals surface area contributed by atoms with Crippen LogP contribution in [0.3, 0.4) is 0 Å². The number of piperidine rings is 1. The molecule has 0 aromatic carbocycles. The van der Waals surface area contributed by atoms with E-state index >= 15 is 0 Å². The number of hydrogen-bond donors (Lipinski definition) is 1. The van der Waals surface area contributed by atoms with Crippen LogP contribution < -0.4 is 0 Å². The van der Waals surface area contributed by atoms with Crippen LogP contribution >= 0.6 is 0 Å². The van der Waals surface area contributed by atoms with Gasteiger partial charge in [0.25, 0.3) is 0 Å². The minimum atomic E-state index is -0.931. The molecule has 1 amide bonds. The zero-order valence-electron chi connectivity index (χ0n) is 10.8. The Balaban J connectivity index is 1.99. The second-order valence-corrected chi connectivity index (χ2v) is 5.89. The van der Waals surface area contributed by atoms with Gasteiger partial charge in [-0.2, -0.15) is 0 Å². The number of fused-ring (bicyclic) bond motifs is 2. The van der Waals surface area contributed by atoms with Gasteiger partial charge in [0.2, 0.25) is 5.91 Å². The number of aliphatic carboxylic acids is 1. The minimum absolute atomic E-state index is 0.0692. The van der Waals surface area contributed by atoms with Crippen molar-refractivity contribution in [2.24, 2.45) is 5.92 Å². The van der Waals surface area contributed by atoms with Crippen molar-refractivity contribution in [1.82, 2.24) is 9.80 Å². The summed E-state index contributed by atoms with van der Waals surface area (Å²) in [5, 5.41) is 9.79. The Kier molecular flexibility index (Phi) is 2.62. The fourth-order valence-corrected chi connectivity index (χ4v) is 3.86. The molecule has 2 heterocycles. The largest absolute Gasteiger partial charge is 0.479 e. The molecule has 5 nitrogen and oxygen atoms in total. The first-order chi connectivity index (χ1) is 8.55. The molecular weight excluding hydrogens is 232 g/mol. The van der Waals surface area contributed by atoms with Crippen LogP contribution in [-0.2, 0) is 9.59 Å². The summed E-state index contributed by atoms with van der Waals surface area (Å²) in [6.07, 6.45) is 3.42. The van der Waals surface area contributed by atoms with E-state index in [1.165, 1.54) is 6.92 Å². The Morgan fingerprint density at radius 1 is 1.28 bits per heavy atom. The maximum atomic E-state index is 12.0. The van der Waals surface area contributed by atoms with Crippen LogP contribution in [0.1, 0.15) is 32.6 Å². The van der Waals surface area contributed by atoms with E-state index in [0.717, 1.165) is 38.9 Å². The lowest BCUT2D eigenvalue weighted by Gasteiger charge is -2.47. The van der Waals surface area contributed by atoms with Crippen molar-refractivity contribution in [2.45, 2.75) is 44.2 Å². The second kappa shape index (κ2) is 3.95. The van der Waals surface area contributed by atoms with Crippen LogP contribution in [0.5, 0.6) is 0 Å². The van der Waals surface area contributed by atoms with Gasteiger partial charge in [-0.05, 0) is 32.2 Å². The molecule has 3 unspecified atom stereocenters. The van der Waals surface area contributed by atoms with E-state index < -0.39 is 11.5 Å². The lowest BCUT2D eigenvalue weighted by molar-refractivity contribution is -0.166. The number of carboxylic acid groups (broad SMARTS) is 1. The van der Waals surface area contributed by atoms with E-state index in [1.54, 1.807) is 4.90 Å². The van der Waals surface area contributed by atoms with Gasteiger partial charge < -0.3 is 14.9 Å². The molecule has 2 bridgehead atoms. The summed E-state index contributed by atoms with van der Waals surface area (Å²) in [6.45, 7) is 4.14. The van der Waals surface area contributed by atoms with Crippen molar-refractivity contribution in [1.29, 1.82) is 0 Å². The Morgan fingerprint density at radius 2 is 2.00 bits per heavy atom. The number of amides is 1. The zero-order valence-corrected chi connectivity index (χ0v) is 10.8. The summed E-state index contributed by atoms with van der Waals surface area (Å²) >= 11 is 0. The third-order valence-electron chi connectivity index (χ3n) is 4.81. The molecule has 0 spiro atoms. The summed E-state index contributed by atoms with van der Waals surface area (Å²) in [4.78, 5) is 27.9. The van der Waals surface area contributed by atoms with Gasteiger partial charge in [0.1, 0.15) is 5.54 Å². The smallest absolute Gasteiger partial charge is 0.330 e. The Hall–Kier alpha value is -1.10. The minimum Gasteiger partial charge on any atom is -0.479 e. The summed E-state index contributed by atoms with van der Waals surface area (Å²) in [7, 11) is 0. The highest BCUT2D eigenvalue weighted by Gasteiger charge is 2.59. The standard InChI is InChI=1S/C13H20N2O3/c1-9(16)15(11-2-3-11)13(12(17)18)5-7-14-6-4-10(13)8-14/h10-11H,2-8H2,1H3,(H,17,18). The van der Waals surface area contributed by atoms with Crippen molar-refractivity contribution < 1.29 is 14.7 Å². The topological polar surface area (TPSA) is 60.9 Å². The Bertz CT molecular complexity index is 394. The fraction of sp³-hybridized carbons (Fsp3) is 0.846. The molecule has 0 aromatic rings. The number of carbonyl (C=O) groups excluding carboxylic acids is 1. The van der Waals surface area contributed by atoms with Crippen molar-refractivity contribution in [3.05, 3.63) is 0 Å². The molecule has 2 saturated heterocycles. The predicted molar refractivity (Wildman–Crippen MR) is 65.1 cm³/mol. The van der Waals surface area contributed by atoms with Gasteiger partial charge in [-0.15, -0.1) is 0 Å². The van der Waals surface area contributed by atoms with Crippen LogP contribution in [0.4, 0.5) is 0 Å². The van der Waals surface area contributed by atoms with Crippen LogP contribution in [0.25, 0.3) is 0 Å². The van der Waals surface area contributed by atoms with E-state index in [1.807, 2.05) is 0 Å². The van der Waals surface area contributed by atoms with Gasteiger partial charge in [-0.25, -0.2) is 4.79 Å². The molecule has 100 valence electrons.